The minimum absolute atomic E-state index is 0.0524. The second-order valence-electron chi connectivity index (χ2n) is 4.59. The van der Waals surface area contributed by atoms with Crippen LogP contribution in [0.1, 0.15) is 16.8 Å². The second-order valence-corrected chi connectivity index (χ2v) is 5.85. The van der Waals surface area contributed by atoms with Gasteiger partial charge in [-0.05, 0) is 28.1 Å². The number of hydrogen-bond acceptors (Lipinski definition) is 4. The number of rotatable bonds is 3. The van der Waals surface area contributed by atoms with E-state index in [2.05, 4.69) is 20.7 Å². The maximum atomic E-state index is 12.0. The van der Waals surface area contributed by atoms with E-state index in [1.807, 2.05) is 0 Å². The molecule has 1 heterocycles. The quantitative estimate of drug-likeness (QED) is 0.815. The summed E-state index contributed by atoms with van der Waals surface area (Å²) in [6, 6.07) is 2.93. The van der Waals surface area contributed by atoms with Crippen molar-refractivity contribution in [1.29, 1.82) is 0 Å². The molecule has 1 saturated heterocycles. The first-order chi connectivity index (χ1) is 9.85. The molecule has 6 nitrogen and oxygen atoms in total. The number of carbonyl (C=O) groups excluding carboxylic acids is 3. The number of methoxy groups -OCH3 is 1. The third-order valence-corrected chi connectivity index (χ3v) is 4.13. The van der Waals surface area contributed by atoms with E-state index in [-0.39, 0.29) is 29.5 Å². The van der Waals surface area contributed by atoms with Gasteiger partial charge in [-0.3, -0.25) is 9.59 Å². The molecule has 2 rings (SSSR count). The van der Waals surface area contributed by atoms with Crippen LogP contribution in [0.5, 0.6) is 0 Å². The topological polar surface area (TPSA) is 89.7 Å². The Labute approximate surface area is 134 Å². The van der Waals surface area contributed by atoms with Crippen molar-refractivity contribution in [3.8, 4) is 0 Å². The average Bonchev–Trinajstić information content (AvgIpc) is 2.79. The molecule has 0 saturated carbocycles. The van der Waals surface area contributed by atoms with Crippen molar-refractivity contribution in [3.05, 3.63) is 27.2 Å². The molecule has 1 unspecified atom stereocenters. The van der Waals surface area contributed by atoms with Gasteiger partial charge in [-0.25, -0.2) is 4.79 Å². The molecule has 112 valence electrons. The summed E-state index contributed by atoms with van der Waals surface area (Å²) in [5.74, 6) is -1.84. The van der Waals surface area contributed by atoms with Crippen LogP contribution in [0, 0.1) is 5.92 Å². The minimum Gasteiger partial charge on any atom is -0.465 e. The van der Waals surface area contributed by atoms with Crippen molar-refractivity contribution in [1.82, 2.24) is 0 Å². The predicted octanol–water partition coefficient (Wildman–Crippen LogP) is 1.73. The van der Waals surface area contributed by atoms with Gasteiger partial charge in [-0.15, -0.1) is 0 Å². The van der Waals surface area contributed by atoms with E-state index in [0.717, 1.165) is 0 Å². The molecule has 1 aromatic carbocycles. The molecule has 0 aromatic heterocycles. The lowest BCUT2D eigenvalue weighted by Gasteiger charge is -2.20. The third-order valence-electron chi connectivity index (χ3n) is 3.24. The molecule has 1 aliphatic rings. The van der Waals surface area contributed by atoms with E-state index in [1.54, 1.807) is 0 Å². The number of carbonyl (C=O) groups is 3. The van der Waals surface area contributed by atoms with Crippen molar-refractivity contribution in [3.63, 3.8) is 0 Å². The lowest BCUT2D eigenvalue weighted by Crippen LogP contribution is -2.29. The first kappa shape index (κ1) is 15.8. The Balaban J connectivity index is 2.39. The number of hydrogen-bond donors (Lipinski definition) is 1. The van der Waals surface area contributed by atoms with Gasteiger partial charge in [-0.2, -0.15) is 0 Å². The largest absolute Gasteiger partial charge is 0.465 e. The van der Waals surface area contributed by atoms with E-state index in [9.17, 15) is 14.4 Å². The second kappa shape index (κ2) is 6.03. The maximum Gasteiger partial charge on any atom is 0.337 e. The van der Waals surface area contributed by atoms with Gasteiger partial charge in [-0.1, -0.05) is 11.6 Å². The van der Waals surface area contributed by atoms with Crippen LogP contribution in [0.3, 0.4) is 0 Å². The number of amides is 2. The summed E-state index contributed by atoms with van der Waals surface area (Å²) in [4.78, 5) is 36.1. The van der Waals surface area contributed by atoms with Crippen LogP contribution in [0.15, 0.2) is 16.6 Å². The fourth-order valence-corrected chi connectivity index (χ4v) is 3.28. The van der Waals surface area contributed by atoms with Crippen LogP contribution < -0.4 is 10.6 Å². The Morgan fingerprint density at radius 3 is 2.62 bits per heavy atom. The molecule has 0 radical (unpaired) electrons. The van der Waals surface area contributed by atoms with E-state index < -0.39 is 17.8 Å². The van der Waals surface area contributed by atoms with E-state index in [4.69, 9.17) is 17.3 Å². The highest BCUT2D eigenvalue weighted by Crippen LogP contribution is 2.38. The third kappa shape index (κ3) is 3.03. The van der Waals surface area contributed by atoms with E-state index in [1.165, 1.54) is 24.1 Å². The lowest BCUT2D eigenvalue weighted by molar-refractivity contribution is -0.123. The van der Waals surface area contributed by atoms with Crippen molar-refractivity contribution >= 4 is 51.0 Å². The molecule has 1 fully saturated rings. The first-order valence-corrected chi connectivity index (χ1v) is 7.19. The van der Waals surface area contributed by atoms with Crippen LogP contribution in [0.2, 0.25) is 5.02 Å². The Bertz CT molecular complexity index is 612. The van der Waals surface area contributed by atoms with Crippen LogP contribution >= 0.6 is 27.5 Å². The number of esters is 1. The number of ether oxygens (including phenoxy) is 1. The van der Waals surface area contributed by atoms with Crippen LogP contribution in [0.25, 0.3) is 0 Å². The first-order valence-electron chi connectivity index (χ1n) is 6.02. The average molecular weight is 376 g/mol. The normalized spacial score (nSPS) is 18.0. The molecule has 21 heavy (non-hydrogen) atoms. The van der Waals surface area contributed by atoms with Gasteiger partial charge >= 0.3 is 5.97 Å². The highest BCUT2D eigenvalue weighted by molar-refractivity contribution is 9.10. The fraction of sp³-hybridized carbons (Fsp3) is 0.308. The summed E-state index contributed by atoms with van der Waals surface area (Å²) in [6.45, 7) is 0.171. The molecule has 0 spiro atoms. The van der Waals surface area contributed by atoms with Crippen molar-refractivity contribution in [2.24, 2.45) is 11.7 Å². The minimum atomic E-state index is -0.541. The summed E-state index contributed by atoms with van der Waals surface area (Å²) >= 11 is 9.45. The summed E-state index contributed by atoms with van der Waals surface area (Å²) in [5.41, 5.74) is 5.91. The number of primary amides is 1. The van der Waals surface area contributed by atoms with Gasteiger partial charge in [0.15, 0.2) is 0 Å². The highest BCUT2D eigenvalue weighted by atomic mass is 79.9. The monoisotopic (exact) mass is 374 g/mol. The van der Waals surface area contributed by atoms with Gasteiger partial charge in [0.25, 0.3) is 0 Å². The summed E-state index contributed by atoms with van der Waals surface area (Å²) in [5, 5.41) is 0.211. The molecular formula is C13H12BrClN2O4. The van der Waals surface area contributed by atoms with Gasteiger partial charge in [0.2, 0.25) is 11.8 Å². The van der Waals surface area contributed by atoms with E-state index >= 15 is 0 Å². The smallest absolute Gasteiger partial charge is 0.337 e. The molecule has 0 bridgehead atoms. The molecule has 2 N–H and O–H groups in total. The summed E-state index contributed by atoms with van der Waals surface area (Å²) in [7, 11) is 1.26. The molecule has 1 atom stereocenters. The molecule has 0 aliphatic carbocycles. The Morgan fingerprint density at radius 1 is 1.48 bits per heavy atom. The molecular weight excluding hydrogens is 364 g/mol. The fourth-order valence-electron chi connectivity index (χ4n) is 2.17. The van der Waals surface area contributed by atoms with E-state index in [0.29, 0.717) is 10.2 Å². The zero-order valence-electron chi connectivity index (χ0n) is 11.1. The molecule has 1 aromatic rings. The molecule has 2 amide bonds. The number of benzene rings is 1. The number of anilines is 1. The van der Waals surface area contributed by atoms with Gasteiger partial charge in [0, 0.05) is 17.4 Å². The number of nitrogens with zero attached hydrogens (tertiary/aromatic N) is 1. The Hall–Kier alpha value is -1.60. The van der Waals surface area contributed by atoms with Gasteiger partial charge in [0.05, 0.1) is 29.3 Å². The van der Waals surface area contributed by atoms with Crippen molar-refractivity contribution < 1.29 is 19.1 Å². The van der Waals surface area contributed by atoms with Gasteiger partial charge in [0.1, 0.15) is 0 Å². The summed E-state index contributed by atoms with van der Waals surface area (Å²) < 4.78 is 5.09. The van der Waals surface area contributed by atoms with Crippen molar-refractivity contribution in [2.45, 2.75) is 6.42 Å². The lowest BCUT2D eigenvalue weighted by atomic mass is 10.1. The zero-order valence-corrected chi connectivity index (χ0v) is 13.4. The SMILES string of the molecule is COC(=O)c1cc(Cl)c(N2CC(C(N)=O)CC2=O)c(Br)c1. The van der Waals surface area contributed by atoms with Crippen molar-refractivity contribution in [2.75, 3.05) is 18.6 Å². The Kier molecular flexibility index (Phi) is 4.53. The molecule has 8 heteroatoms. The van der Waals surface area contributed by atoms with Gasteiger partial charge < -0.3 is 15.4 Å². The predicted molar refractivity (Wildman–Crippen MR) is 80.1 cm³/mol. The number of nitrogens with two attached hydrogens (primary N) is 1. The van der Waals surface area contributed by atoms with Crippen LogP contribution in [-0.4, -0.2) is 31.4 Å². The molecule has 1 aliphatic heterocycles. The number of halogens is 2. The standard InChI is InChI=1S/C13H12BrClN2O4/c1-21-13(20)6-2-8(14)11(9(15)3-6)17-5-7(12(16)19)4-10(17)18/h2-3,7H,4-5H2,1H3,(H2,16,19). The van der Waals surface area contributed by atoms with Crippen LogP contribution in [-0.2, 0) is 14.3 Å². The highest BCUT2D eigenvalue weighted by Gasteiger charge is 2.36. The maximum absolute atomic E-state index is 12.0. The zero-order chi connectivity index (χ0) is 15.7. The van der Waals surface area contributed by atoms with Crippen LogP contribution in [0.4, 0.5) is 5.69 Å². The summed E-state index contributed by atoms with van der Waals surface area (Å²) in [6.07, 6.45) is 0.0524. The Morgan fingerprint density at radius 2 is 2.14 bits per heavy atom.